The largest absolute Gasteiger partial charge is 0.444 e. The molecule has 5 nitrogen and oxygen atoms in total. The predicted molar refractivity (Wildman–Crippen MR) is 131 cm³/mol. The predicted octanol–water partition coefficient (Wildman–Crippen LogP) is 6.84. The van der Waals surface area contributed by atoms with Crippen molar-refractivity contribution >= 4 is 46.1 Å². The Balaban J connectivity index is 1.55. The first-order chi connectivity index (χ1) is 17.2. The van der Waals surface area contributed by atoms with E-state index in [1.54, 1.807) is 36.4 Å². The number of benzene rings is 3. The van der Waals surface area contributed by atoms with Crippen LogP contribution in [0.25, 0.3) is 17.0 Å². The van der Waals surface area contributed by atoms with Crippen LogP contribution in [0.2, 0.25) is 5.02 Å². The highest BCUT2D eigenvalue weighted by Crippen LogP contribution is 2.34. The average Bonchev–Trinajstić information content (AvgIpc) is 2.87. The molecule has 36 heavy (non-hydrogen) atoms. The summed E-state index contributed by atoms with van der Waals surface area (Å²) in [5, 5.41) is 3.17. The third kappa shape index (κ3) is 6.09. The number of nitrogens with zero attached hydrogens (tertiary/aromatic N) is 1. The van der Waals surface area contributed by atoms with Gasteiger partial charge in [-0.15, -0.1) is 0 Å². The average molecular weight is 511 g/mol. The number of anilines is 1. The van der Waals surface area contributed by atoms with Gasteiger partial charge in [0, 0.05) is 17.0 Å². The van der Waals surface area contributed by atoms with E-state index in [1.165, 1.54) is 6.08 Å². The minimum absolute atomic E-state index is 0.100. The summed E-state index contributed by atoms with van der Waals surface area (Å²) in [6.45, 7) is 0. The Morgan fingerprint density at radius 1 is 0.944 bits per heavy atom. The molecule has 0 aliphatic rings. The molecule has 1 heterocycles. The van der Waals surface area contributed by atoms with Crippen molar-refractivity contribution in [1.82, 2.24) is 4.98 Å². The Labute approximate surface area is 209 Å². The van der Waals surface area contributed by atoms with Crippen LogP contribution in [0.15, 0.2) is 91.0 Å². The highest BCUT2D eigenvalue weighted by atomic mass is 35.5. The number of esters is 1. The van der Waals surface area contributed by atoms with Gasteiger partial charge in [-0.05, 0) is 36.4 Å². The summed E-state index contributed by atoms with van der Waals surface area (Å²) in [5.41, 5.74) is 0.323. The van der Waals surface area contributed by atoms with Crippen molar-refractivity contribution in [2.45, 2.75) is 12.3 Å². The van der Waals surface area contributed by atoms with E-state index < -0.39 is 29.7 Å². The molecular formula is C27H18ClF3N2O3. The zero-order chi connectivity index (χ0) is 25.7. The van der Waals surface area contributed by atoms with Crippen molar-refractivity contribution in [3.05, 3.63) is 113 Å². The number of rotatable bonds is 6. The normalized spacial score (nSPS) is 12.4. The Kier molecular flexibility index (Phi) is 7.36. The molecule has 1 N–H and O–H groups in total. The number of ether oxygens (including phenoxy) is 1. The van der Waals surface area contributed by atoms with Gasteiger partial charge < -0.3 is 10.1 Å². The molecule has 0 spiro atoms. The number of halogens is 4. The minimum atomic E-state index is -4.63. The first kappa shape index (κ1) is 24.9. The van der Waals surface area contributed by atoms with E-state index >= 15 is 0 Å². The number of para-hydroxylation sites is 1. The van der Waals surface area contributed by atoms with Gasteiger partial charge in [-0.2, -0.15) is 13.2 Å². The van der Waals surface area contributed by atoms with Crippen LogP contribution in [-0.4, -0.2) is 16.9 Å². The third-order valence-electron chi connectivity index (χ3n) is 5.14. The molecule has 1 amide bonds. The smallest absolute Gasteiger partial charge is 0.416 e. The van der Waals surface area contributed by atoms with Crippen molar-refractivity contribution in [1.29, 1.82) is 0 Å². The molecule has 182 valence electrons. The van der Waals surface area contributed by atoms with Crippen molar-refractivity contribution in [3.8, 4) is 0 Å². The summed E-state index contributed by atoms with van der Waals surface area (Å²) in [5.74, 6) is -1.71. The standard InChI is InChI=1S/C27H18ClF3N2O3/c28-21-14-11-19(27(29,30)31)16-23(21)33-26(35)25(18-7-2-1-3-8-18)36-24(34)15-13-20-12-10-17-6-4-5-9-22(17)32-20/h1-16,25H,(H,33,35)/b15-13+. The number of alkyl halides is 3. The first-order valence-corrected chi connectivity index (χ1v) is 11.1. The van der Waals surface area contributed by atoms with Crippen LogP contribution >= 0.6 is 11.6 Å². The highest BCUT2D eigenvalue weighted by Gasteiger charge is 2.32. The van der Waals surface area contributed by atoms with Gasteiger partial charge in [-0.1, -0.05) is 66.2 Å². The van der Waals surface area contributed by atoms with Gasteiger partial charge in [-0.3, -0.25) is 4.79 Å². The van der Waals surface area contributed by atoms with Crippen LogP contribution in [0.4, 0.5) is 18.9 Å². The zero-order valence-corrected chi connectivity index (χ0v) is 19.3. The number of hydrogen-bond donors (Lipinski definition) is 1. The number of nitrogens with one attached hydrogen (secondary N) is 1. The molecule has 0 aliphatic carbocycles. The van der Waals surface area contributed by atoms with E-state index in [4.69, 9.17) is 16.3 Å². The lowest BCUT2D eigenvalue weighted by atomic mass is 10.1. The van der Waals surface area contributed by atoms with Crippen LogP contribution in [0.3, 0.4) is 0 Å². The molecule has 1 unspecified atom stereocenters. The second kappa shape index (κ2) is 10.6. The summed E-state index contributed by atoms with van der Waals surface area (Å²) in [6.07, 6.45) is -3.51. The summed E-state index contributed by atoms with van der Waals surface area (Å²) >= 11 is 6.00. The van der Waals surface area contributed by atoms with Crippen LogP contribution in [0.5, 0.6) is 0 Å². The van der Waals surface area contributed by atoms with E-state index in [-0.39, 0.29) is 10.7 Å². The molecule has 4 aromatic rings. The Hall–Kier alpha value is -4.17. The highest BCUT2D eigenvalue weighted by molar-refractivity contribution is 6.33. The Morgan fingerprint density at radius 3 is 2.42 bits per heavy atom. The number of carbonyl (C=O) groups is 2. The second-order valence-electron chi connectivity index (χ2n) is 7.67. The molecule has 4 rings (SSSR count). The lowest BCUT2D eigenvalue weighted by molar-refractivity contribution is -0.149. The van der Waals surface area contributed by atoms with Gasteiger partial charge in [0.25, 0.3) is 5.91 Å². The molecule has 9 heteroatoms. The number of pyridine rings is 1. The van der Waals surface area contributed by atoms with Gasteiger partial charge in [0.1, 0.15) is 0 Å². The lowest BCUT2D eigenvalue weighted by Crippen LogP contribution is -2.25. The van der Waals surface area contributed by atoms with E-state index in [2.05, 4.69) is 10.3 Å². The molecule has 0 radical (unpaired) electrons. The summed E-state index contributed by atoms with van der Waals surface area (Å²) in [4.78, 5) is 30.0. The second-order valence-corrected chi connectivity index (χ2v) is 8.08. The van der Waals surface area contributed by atoms with Crippen LogP contribution < -0.4 is 5.32 Å². The van der Waals surface area contributed by atoms with Gasteiger partial charge in [0.2, 0.25) is 6.10 Å². The van der Waals surface area contributed by atoms with Crippen LogP contribution in [0.1, 0.15) is 22.9 Å². The Bertz CT molecular complexity index is 1440. The maximum absolute atomic E-state index is 13.1. The van der Waals surface area contributed by atoms with Crippen molar-refractivity contribution in [3.63, 3.8) is 0 Å². The Morgan fingerprint density at radius 2 is 1.67 bits per heavy atom. The maximum Gasteiger partial charge on any atom is 0.416 e. The van der Waals surface area contributed by atoms with Crippen molar-refractivity contribution in [2.24, 2.45) is 0 Å². The maximum atomic E-state index is 13.1. The summed E-state index contributed by atoms with van der Waals surface area (Å²) < 4.78 is 44.7. The van der Waals surface area contributed by atoms with Gasteiger partial charge in [0.05, 0.1) is 27.5 Å². The first-order valence-electron chi connectivity index (χ1n) is 10.7. The van der Waals surface area contributed by atoms with Gasteiger partial charge in [0.15, 0.2) is 0 Å². The summed E-state index contributed by atoms with van der Waals surface area (Å²) in [6, 6.07) is 21.7. The van der Waals surface area contributed by atoms with Crippen LogP contribution in [0, 0.1) is 0 Å². The lowest BCUT2D eigenvalue weighted by Gasteiger charge is -2.18. The van der Waals surface area contributed by atoms with Gasteiger partial charge >= 0.3 is 12.1 Å². The summed E-state index contributed by atoms with van der Waals surface area (Å²) in [7, 11) is 0. The van der Waals surface area contributed by atoms with E-state index in [0.717, 1.165) is 35.2 Å². The quantitative estimate of drug-likeness (QED) is 0.228. The molecule has 1 atom stereocenters. The molecule has 0 saturated heterocycles. The monoisotopic (exact) mass is 510 g/mol. The fraction of sp³-hybridized carbons (Fsp3) is 0.0741. The fourth-order valence-electron chi connectivity index (χ4n) is 3.38. The SMILES string of the molecule is O=C(/C=C/c1ccc2ccccc2n1)OC(C(=O)Nc1cc(C(F)(F)F)ccc1Cl)c1ccccc1. The van der Waals surface area contributed by atoms with Crippen LogP contribution in [-0.2, 0) is 20.5 Å². The molecular weight excluding hydrogens is 493 g/mol. The fourth-order valence-corrected chi connectivity index (χ4v) is 3.54. The number of amides is 1. The number of fused-ring (bicyclic) bond motifs is 1. The zero-order valence-electron chi connectivity index (χ0n) is 18.5. The van der Waals surface area contributed by atoms with Gasteiger partial charge in [-0.25, -0.2) is 9.78 Å². The topological polar surface area (TPSA) is 68.3 Å². The molecule has 3 aromatic carbocycles. The van der Waals surface area contributed by atoms with Crippen molar-refractivity contribution in [2.75, 3.05) is 5.32 Å². The molecule has 0 saturated carbocycles. The molecule has 1 aromatic heterocycles. The van der Waals surface area contributed by atoms with Crippen molar-refractivity contribution < 1.29 is 27.5 Å². The molecule has 0 fully saturated rings. The number of aromatic nitrogens is 1. The van der Waals surface area contributed by atoms with E-state index in [0.29, 0.717) is 11.3 Å². The number of carbonyl (C=O) groups excluding carboxylic acids is 2. The molecule has 0 bridgehead atoms. The third-order valence-corrected chi connectivity index (χ3v) is 5.47. The van der Waals surface area contributed by atoms with E-state index in [1.807, 2.05) is 30.3 Å². The molecule has 0 aliphatic heterocycles. The minimum Gasteiger partial charge on any atom is -0.444 e. The number of hydrogen-bond acceptors (Lipinski definition) is 4. The van der Waals surface area contributed by atoms with E-state index in [9.17, 15) is 22.8 Å².